The predicted octanol–water partition coefficient (Wildman–Crippen LogP) is 2.38. The minimum absolute atomic E-state index is 0.0504. The highest BCUT2D eigenvalue weighted by atomic mass is 32.1. The van der Waals surface area contributed by atoms with E-state index in [1.807, 2.05) is 25.9 Å². The van der Waals surface area contributed by atoms with Gasteiger partial charge < -0.3 is 15.5 Å². The normalized spacial score (nSPS) is 10.9. The summed E-state index contributed by atoms with van der Waals surface area (Å²) in [4.78, 5) is 3.73. The van der Waals surface area contributed by atoms with Crippen molar-refractivity contribution >= 4 is 22.9 Å². The van der Waals surface area contributed by atoms with E-state index in [-0.39, 0.29) is 16.2 Å². The van der Waals surface area contributed by atoms with Gasteiger partial charge in [-0.05, 0) is 46.1 Å². The van der Waals surface area contributed by atoms with Crippen molar-refractivity contribution in [1.29, 1.82) is 0 Å². The maximum Gasteiger partial charge on any atom is 0.182 e. The van der Waals surface area contributed by atoms with Crippen LogP contribution in [0, 0.1) is 11.6 Å². The first-order valence-corrected chi connectivity index (χ1v) is 6.96. The molecule has 20 heavy (non-hydrogen) atoms. The van der Waals surface area contributed by atoms with E-state index < -0.39 is 11.6 Å². The highest BCUT2D eigenvalue weighted by Crippen LogP contribution is 2.24. The Morgan fingerprint density at radius 3 is 2.35 bits per heavy atom. The van der Waals surface area contributed by atoms with E-state index in [2.05, 4.69) is 4.90 Å². The number of benzene rings is 1. The Morgan fingerprint density at radius 2 is 1.85 bits per heavy atom. The summed E-state index contributed by atoms with van der Waals surface area (Å²) >= 11 is 4.70. The second-order valence-electron chi connectivity index (χ2n) is 4.86. The molecule has 0 saturated heterocycles. The lowest BCUT2D eigenvalue weighted by Gasteiger charge is -2.25. The fourth-order valence-corrected chi connectivity index (χ4v) is 2.16. The summed E-state index contributed by atoms with van der Waals surface area (Å²) in [6, 6.07) is 2.97. The molecule has 0 atom stereocenters. The molecule has 0 heterocycles. The molecule has 6 heteroatoms. The topological polar surface area (TPSA) is 32.5 Å². The molecule has 2 N–H and O–H groups in total. The Bertz CT molecular complexity index is 478. The molecule has 0 amide bonds. The van der Waals surface area contributed by atoms with E-state index in [4.69, 9.17) is 18.0 Å². The van der Waals surface area contributed by atoms with E-state index in [1.165, 1.54) is 12.1 Å². The van der Waals surface area contributed by atoms with Gasteiger partial charge in [-0.15, -0.1) is 0 Å². The van der Waals surface area contributed by atoms with Crippen LogP contribution in [-0.2, 0) is 0 Å². The minimum Gasteiger partial charge on any atom is -0.389 e. The molecule has 0 bridgehead atoms. The van der Waals surface area contributed by atoms with Gasteiger partial charge in [0.05, 0.1) is 5.69 Å². The molecule has 112 valence electrons. The molecule has 0 fully saturated rings. The maximum absolute atomic E-state index is 14.1. The molecule has 0 aliphatic rings. The molecule has 0 aliphatic carbocycles. The monoisotopic (exact) mass is 301 g/mol. The fourth-order valence-electron chi connectivity index (χ4n) is 2.00. The number of rotatable bonds is 7. The molecule has 0 unspecified atom stereocenters. The smallest absolute Gasteiger partial charge is 0.182 e. The first-order chi connectivity index (χ1) is 9.38. The van der Waals surface area contributed by atoms with Crippen LogP contribution in [0.25, 0.3) is 0 Å². The van der Waals surface area contributed by atoms with Crippen molar-refractivity contribution in [2.24, 2.45) is 5.73 Å². The van der Waals surface area contributed by atoms with E-state index in [9.17, 15) is 8.78 Å². The molecule has 1 rings (SSSR count). The Balaban J connectivity index is 2.93. The van der Waals surface area contributed by atoms with Crippen molar-refractivity contribution in [1.82, 2.24) is 4.90 Å². The van der Waals surface area contributed by atoms with Crippen LogP contribution < -0.4 is 10.6 Å². The van der Waals surface area contributed by atoms with E-state index in [0.29, 0.717) is 13.1 Å². The summed E-state index contributed by atoms with van der Waals surface area (Å²) in [7, 11) is 3.96. The van der Waals surface area contributed by atoms with Gasteiger partial charge in [0.15, 0.2) is 11.6 Å². The van der Waals surface area contributed by atoms with Gasteiger partial charge in [-0.25, -0.2) is 8.78 Å². The second-order valence-corrected chi connectivity index (χ2v) is 5.30. The molecular formula is C14H21F2N3S. The van der Waals surface area contributed by atoms with Crippen molar-refractivity contribution in [3.8, 4) is 0 Å². The number of hydrogen-bond acceptors (Lipinski definition) is 3. The first kappa shape index (κ1) is 16.8. The molecule has 0 radical (unpaired) electrons. The van der Waals surface area contributed by atoms with Crippen LogP contribution >= 0.6 is 12.2 Å². The Labute approximate surface area is 124 Å². The number of anilines is 1. The Morgan fingerprint density at radius 1 is 1.20 bits per heavy atom. The fraction of sp³-hybridized carbons (Fsp3) is 0.500. The summed E-state index contributed by atoms with van der Waals surface area (Å²) in [6.45, 7) is 4.08. The third-order valence-corrected chi connectivity index (χ3v) is 3.30. The zero-order valence-electron chi connectivity index (χ0n) is 12.1. The maximum atomic E-state index is 14.1. The van der Waals surface area contributed by atoms with E-state index >= 15 is 0 Å². The molecule has 1 aromatic carbocycles. The Hall–Kier alpha value is -1.27. The third-order valence-electron chi connectivity index (χ3n) is 3.08. The van der Waals surface area contributed by atoms with Crippen molar-refractivity contribution in [3.63, 3.8) is 0 Å². The standard InChI is InChI=1S/C14H21F2N3S/c1-4-19(9-5-8-18(2)3)11-7-6-10(14(17)20)12(15)13(11)16/h6-7H,4-5,8-9H2,1-3H3,(H2,17,20). The van der Waals surface area contributed by atoms with Gasteiger partial charge in [0, 0.05) is 18.7 Å². The molecule has 0 saturated carbocycles. The van der Waals surface area contributed by atoms with E-state index in [0.717, 1.165) is 13.0 Å². The minimum atomic E-state index is -0.971. The lowest BCUT2D eigenvalue weighted by molar-refractivity contribution is 0.400. The van der Waals surface area contributed by atoms with Gasteiger partial charge in [0.2, 0.25) is 0 Å². The number of halogens is 2. The highest BCUT2D eigenvalue weighted by molar-refractivity contribution is 7.80. The summed E-state index contributed by atoms with van der Waals surface area (Å²) in [5, 5.41) is 0. The summed E-state index contributed by atoms with van der Waals surface area (Å²) in [6.07, 6.45) is 0.874. The van der Waals surface area contributed by atoms with Crippen LogP contribution in [0.2, 0.25) is 0 Å². The number of hydrogen-bond donors (Lipinski definition) is 1. The first-order valence-electron chi connectivity index (χ1n) is 6.56. The van der Waals surface area contributed by atoms with Crippen molar-refractivity contribution < 1.29 is 8.78 Å². The largest absolute Gasteiger partial charge is 0.389 e. The summed E-state index contributed by atoms with van der Waals surface area (Å²) in [5.41, 5.74) is 5.56. The van der Waals surface area contributed by atoms with Crippen LogP contribution in [-0.4, -0.2) is 43.6 Å². The average molecular weight is 301 g/mol. The van der Waals surface area contributed by atoms with Gasteiger partial charge in [-0.1, -0.05) is 12.2 Å². The van der Waals surface area contributed by atoms with Crippen molar-refractivity contribution in [3.05, 3.63) is 29.3 Å². The molecule has 0 aromatic heterocycles. The second kappa shape index (κ2) is 7.50. The molecule has 3 nitrogen and oxygen atoms in total. The number of thiocarbonyl (C=S) groups is 1. The summed E-state index contributed by atoms with van der Waals surface area (Å²) in [5.74, 6) is -1.86. The van der Waals surface area contributed by atoms with Gasteiger partial charge in [-0.2, -0.15) is 0 Å². The van der Waals surface area contributed by atoms with Crippen molar-refractivity contribution in [2.75, 3.05) is 38.6 Å². The zero-order chi connectivity index (χ0) is 15.3. The Kier molecular flexibility index (Phi) is 6.29. The lowest BCUT2D eigenvalue weighted by atomic mass is 10.1. The molecule has 0 aliphatic heterocycles. The van der Waals surface area contributed by atoms with Crippen LogP contribution in [0.5, 0.6) is 0 Å². The van der Waals surface area contributed by atoms with E-state index in [1.54, 1.807) is 0 Å². The predicted molar refractivity (Wildman–Crippen MR) is 83.3 cm³/mol. The van der Waals surface area contributed by atoms with Crippen LogP contribution in [0.4, 0.5) is 14.5 Å². The van der Waals surface area contributed by atoms with Crippen molar-refractivity contribution in [2.45, 2.75) is 13.3 Å². The van der Waals surface area contributed by atoms with Gasteiger partial charge in [-0.3, -0.25) is 0 Å². The number of nitrogens with two attached hydrogens (primary N) is 1. The van der Waals surface area contributed by atoms with Gasteiger partial charge in [0.25, 0.3) is 0 Å². The zero-order valence-corrected chi connectivity index (χ0v) is 12.9. The quantitative estimate of drug-likeness (QED) is 0.784. The molecule has 0 spiro atoms. The molecular weight excluding hydrogens is 280 g/mol. The van der Waals surface area contributed by atoms with Crippen LogP contribution in [0.3, 0.4) is 0 Å². The third kappa shape index (κ3) is 4.11. The summed E-state index contributed by atoms with van der Waals surface area (Å²) < 4.78 is 28.0. The van der Waals surface area contributed by atoms with Gasteiger partial charge in [0.1, 0.15) is 4.99 Å². The van der Waals surface area contributed by atoms with Crippen LogP contribution in [0.1, 0.15) is 18.9 Å². The molecule has 1 aromatic rings. The highest BCUT2D eigenvalue weighted by Gasteiger charge is 2.18. The lowest BCUT2D eigenvalue weighted by Crippen LogP contribution is -2.28. The number of nitrogens with zero attached hydrogens (tertiary/aromatic N) is 2. The van der Waals surface area contributed by atoms with Crippen LogP contribution in [0.15, 0.2) is 12.1 Å². The average Bonchev–Trinajstić information content (AvgIpc) is 2.38. The SMILES string of the molecule is CCN(CCCN(C)C)c1ccc(C(N)=S)c(F)c1F. The van der Waals surface area contributed by atoms with Gasteiger partial charge >= 0.3 is 0 Å².